The van der Waals surface area contributed by atoms with Gasteiger partial charge in [0.25, 0.3) is 0 Å². The van der Waals surface area contributed by atoms with Gasteiger partial charge in [-0.1, -0.05) is 32.4 Å². The van der Waals surface area contributed by atoms with Crippen LogP contribution in [-0.4, -0.2) is 20.8 Å². The first-order chi connectivity index (χ1) is 9.19. The minimum atomic E-state index is 0.492. The van der Waals surface area contributed by atoms with Gasteiger partial charge in [-0.05, 0) is 30.5 Å². The molecule has 2 unspecified atom stereocenters. The number of benzene rings is 1. The van der Waals surface area contributed by atoms with E-state index in [1.165, 1.54) is 17.7 Å². The van der Waals surface area contributed by atoms with Gasteiger partial charge in [-0.25, -0.2) is 9.67 Å². The van der Waals surface area contributed by atoms with Gasteiger partial charge in [0.2, 0.25) is 0 Å². The van der Waals surface area contributed by atoms with Gasteiger partial charge in [0.1, 0.15) is 12.7 Å². The number of anilines is 1. The lowest BCUT2D eigenvalue weighted by Gasteiger charge is -2.21. The molecular formula is C15H22N4. The topological polar surface area (TPSA) is 42.7 Å². The summed E-state index contributed by atoms with van der Waals surface area (Å²) in [6, 6.07) is 9.02. The molecule has 0 saturated heterocycles. The second-order valence-electron chi connectivity index (χ2n) is 5.11. The lowest BCUT2D eigenvalue weighted by atomic mass is 10.0. The van der Waals surface area contributed by atoms with E-state index in [2.05, 4.69) is 60.4 Å². The summed E-state index contributed by atoms with van der Waals surface area (Å²) in [5.41, 5.74) is 2.40. The van der Waals surface area contributed by atoms with E-state index in [1.807, 2.05) is 4.68 Å². The zero-order chi connectivity index (χ0) is 13.7. The van der Waals surface area contributed by atoms with E-state index < -0.39 is 0 Å². The molecule has 0 saturated carbocycles. The monoisotopic (exact) mass is 258 g/mol. The summed E-state index contributed by atoms with van der Waals surface area (Å²) < 4.78 is 1.82. The predicted molar refractivity (Wildman–Crippen MR) is 78.1 cm³/mol. The van der Waals surface area contributed by atoms with Crippen molar-refractivity contribution in [3.8, 4) is 0 Å². The summed E-state index contributed by atoms with van der Waals surface area (Å²) >= 11 is 0. The van der Waals surface area contributed by atoms with Crippen molar-refractivity contribution in [1.82, 2.24) is 14.8 Å². The molecule has 2 aromatic rings. The van der Waals surface area contributed by atoms with E-state index in [0.29, 0.717) is 12.0 Å². The lowest BCUT2D eigenvalue weighted by Crippen LogP contribution is -2.23. The van der Waals surface area contributed by atoms with Crippen LogP contribution >= 0.6 is 0 Å². The summed E-state index contributed by atoms with van der Waals surface area (Å²) in [4.78, 5) is 3.94. The average Bonchev–Trinajstić information content (AvgIpc) is 2.93. The fourth-order valence-electron chi connectivity index (χ4n) is 1.97. The normalized spacial score (nSPS) is 14.1. The fourth-order valence-corrected chi connectivity index (χ4v) is 1.97. The molecule has 1 aromatic heterocycles. The lowest BCUT2D eigenvalue weighted by molar-refractivity contribution is 0.494. The Balaban J connectivity index is 1.94. The van der Waals surface area contributed by atoms with Crippen molar-refractivity contribution < 1.29 is 0 Å². The predicted octanol–water partition coefficient (Wildman–Crippen LogP) is 3.17. The zero-order valence-corrected chi connectivity index (χ0v) is 11.9. The summed E-state index contributed by atoms with van der Waals surface area (Å²) in [7, 11) is 0. The van der Waals surface area contributed by atoms with E-state index in [4.69, 9.17) is 0 Å². The number of rotatable bonds is 6. The number of nitrogens with one attached hydrogen (secondary N) is 1. The molecule has 0 spiro atoms. The molecule has 102 valence electrons. The molecule has 19 heavy (non-hydrogen) atoms. The van der Waals surface area contributed by atoms with Crippen LogP contribution in [0.4, 0.5) is 5.69 Å². The molecule has 1 N–H and O–H groups in total. The van der Waals surface area contributed by atoms with Crippen LogP contribution in [0.25, 0.3) is 0 Å². The van der Waals surface area contributed by atoms with Crippen molar-refractivity contribution in [1.29, 1.82) is 0 Å². The third-order valence-electron chi connectivity index (χ3n) is 3.66. The first kappa shape index (κ1) is 13.6. The number of hydrogen-bond donors (Lipinski definition) is 1. The molecule has 0 aliphatic carbocycles. The smallest absolute Gasteiger partial charge is 0.137 e. The molecule has 0 radical (unpaired) electrons. The highest BCUT2D eigenvalue weighted by atomic mass is 15.3. The Bertz CT molecular complexity index is 475. The van der Waals surface area contributed by atoms with Gasteiger partial charge < -0.3 is 5.32 Å². The molecule has 1 aromatic carbocycles. The van der Waals surface area contributed by atoms with E-state index in [0.717, 1.165) is 6.54 Å². The molecule has 0 aliphatic rings. The van der Waals surface area contributed by atoms with Crippen molar-refractivity contribution in [2.45, 2.75) is 39.8 Å². The van der Waals surface area contributed by atoms with E-state index in [1.54, 1.807) is 12.7 Å². The van der Waals surface area contributed by atoms with Crippen LogP contribution in [0.15, 0.2) is 36.9 Å². The maximum atomic E-state index is 4.11. The second-order valence-corrected chi connectivity index (χ2v) is 5.11. The number of hydrogen-bond acceptors (Lipinski definition) is 3. The summed E-state index contributed by atoms with van der Waals surface area (Å²) in [6.07, 6.45) is 4.49. The van der Waals surface area contributed by atoms with Crippen molar-refractivity contribution >= 4 is 5.69 Å². The molecule has 4 heteroatoms. The molecule has 2 atom stereocenters. The van der Waals surface area contributed by atoms with Crippen molar-refractivity contribution in [3.05, 3.63) is 42.5 Å². The van der Waals surface area contributed by atoms with E-state index in [9.17, 15) is 0 Å². The highest BCUT2D eigenvalue weighted by Gasteiger charge is 2.09. The molecule has 0 aliphatic heterocycles. The quantitative estimate of drug-likeness (QED) is 0.865. The van der Waals surface area contributed by atoms with Gasteiger partial charge in [-0.15, -0.1) is 0 Å². The molecule has 2 rings (SSSR count). The molecule has 0 bridgehead atoms. The standard InChI is InChI=1S/C15H22N4/c1-4-12(2)13(3)18-15-7-5-14(6-8-15)9-19-11-16-10-17-19/h5-8,10-13,18H,4,9H2,1-3H3. The molecular weight excluding hydrogens is 236 g/mol. The Labute approximate surface area is 114 Å². The molecule has 4 nitrogen and oxygen atoms in total. The Morgan fingerprint density at radius 2 is 1.95 bits per heavy atom. The van der Waals surface area contributed by atoms with E-state index in [-0.39, 0.29) is 0 Å². The molecule has 0 amide bonds. The van der Waals surface area contributed by atoms with Crippen molar-refractivity contribution in [2.24, 2.45) is 5.92 Å². The van der Waals surface area contributed by atoms with Gasteiger partial charge in [-0.3, -0.25) is 0 Å². The zero-order valence-electron chi connectivity index (χ0n) is 11.9. The Morgan fingerprint density at radius 3 is 2.53 bits per heavy atom. The SMILES string of the molecule is CCC(C)C(C)Nc1ccc(Cn2cncn2)cc1. The fraction of sp³-hybridized carbons (Fsp3) is 0.467. The number of aromatic nitrogens is 3. The Kier molecular flexibility index (Phi) is 4.55. The van der Waals surface area contributed by atoms with E-state index >= 15 is 0 Å². The minimum Gasteiger partial charge on any atom is -0.382 e. The summed E-state index contributed by atoms with van der Waals surface area (Å²) in [5, 5.41) is 7.65. The Morgan fingerprint density at radius 1 is 1.21 bits per heavy atom. The van der Waals surface area contributed by atoms with Gasteiger partial charge in [0.15, 0.2) is 0 Å². The van der Waals surface area contributed by atoms with Crippen LogP contribution in [0.3, 0.4) is 0 Å². The summed E-state index contributed by atoms with van der Waals surface area (Å²) in [5.74, 6) is 0.676. The van der Waals surface area contributed by atoms with Crippen LogP contribution in [0.1, 0.15) is 32.8 Å². The van der Waals surface area contributed by atoms with Gasteiger partial charge in [0.05, 0.1) is 6.54 Å². The number of nitrogens with zero attached hydrogens (tertiary/aromatic N) is 3. The first-order valence-electron chi connectivity index (χ1n) is 6.87. The van der Waals surface area contributed by atoms with Crippen LogP contribution in [0.2, 0.25) is 0 Å². The third kappa shape index (κ3) is 3.81. The van der Waals surface area contributed by atoms with Crippen LogP contribution in [0.5, 0.6) is 0 Å². The molecule has 0 fully saturated rings. The van der Waals surface area contributed by atoms with Crippen molar-refractivity contribution in [2.75, 3.05) is 5.32 Å². The molecule has 1 heterocycles. The summed E-state index contributed by atoms with van der Waals surface area (Å²) in [6.45, 7) is 7.50. The van der Waals surface area contributed by atoms with Crippen LogP contribution < -0.4 is 5.32 Å². The third-order valence-corrected chi connectivity index (χ3v) is 3.66. The van der Waals surface area contributed by atoms with Gasteiger partial charge >= 0.3 is 0 Å². The largest absolute Gasteiger partial charge is 0.382 e. The van der Waals surface area contributed by atoms with Gasteiger partial charge in [0, 0.05) is 11.7 Å². The van der Waals surface area contributed by atoms with Crippen molar-refractivity contribution in [3.63, 3.8) is 0 Å². The maximum Gasteiger partial charge on any atom is 0.137 e. The van der Waals surface area contributed by atoms with Gasteiger partial charge in [-0.2, -0.15) is 5.10 Å². The highest BCUT2D eigenvalue weighted by molar-refractivity contribution is 5.45. The van der Waals surface area contributed by atoms with Crippen LogP contribution in [0, 0.1) is 5.92 Å². The maximum absolute atomic E-state index is 4.11. The average molecular weight is 258 g/mol. The minimum absolute atomic E-state index is 0.492. The second kappa shape index (κ2) is 6.36. The highest BCUT2D eigenvalue weighted by Crippen LogP contribution is 2.16. The first-order valence-corrected chi connectivity index (χ1v) is 6.87. The Hall–Kier alpha value is -1.84. The van der Waals surface area contributed by atoms with Crippen LogP contribution in [-0.2, 0) is 6.54 Å².